The Bertz CT molecular complexity index is 901. The Labute approximate surface area is 140 Å². The highest BCUT2D eigenvalue weighted by molar-refractivity contribution is 5.82. The van der Waals surface area contributed by atoms with Gasteiger partial charge in [0.15, 0.2) is 0 Å². The van der Waals surface area contributed by atoms with Crippen molar-refractivity contribution in [1.82, 2.24) is 9.88 Å². The third-order valence-corrected chi connectivity index (χ3v) is 4.76. The second kappa shape index (κ2) is 6.06. The van der Waals surface area contributed by atoms with Crippen molar-refractivity contribution in [2.75, 3.05) is 0 Å². The van der Waals surface area contributed by atoms with Gasteiger partial charge in [-0.25, -0.2) is 0 Å². The van der Waals surface area contributed by atoms with E-state index >= 15 is 0 Å². The number of primary amides is 1. The maximum atomic E-state index is 12.0. The smallest absolute Gasteiger partial charge is 0.235 e. The van der Waals surface area contributed by atoms with E-state index in [1.54, 1.807) is 0 Å². The number of nitrogens with two attached hydrogens (primary N) is 1. The highest BCUT2D eigenvalue weighted by Crippen LogP contribution is 2.26. The number of hydrogen-bond acceptors (Lipinski definition) is 3. The first-order valence-electron chi connectivity index (χ1n) is 8.15. The van der Waals surface area contributed by atoms with Crippen molar-refractivity contribution in [1.29, 1.82) is 0 Å². The van der Waals surface area contributed by atoms with Crippen LogP contribution in [0, 0.1) is 0 Å². The molecule has 2 aromatic carbocycles. The minimum absolute atomic E-state index is 0.266. The molecule has 1 aliphatic rings. The molecule has 4 heteroatoms. The quantitative estimate of drug-likeness (QED) is 0.808. The van der Waals surface area contributed by atoms with E-state index < -0.39 is 0 Å². The van der Waals surface area contributed by atoms with Crippen molar-refractivity contribution >= 4 is 16.8 Å². The van der Waals surface area contributed by atoms with Gasteiger partial charge in [0.05, 0.1) is 11.6 Å². The lowest BCUT2D eigenvalue weighted by molar-refractivity contribution is -0.124. The Morgan fingerprint density at radius 1 is 1.08 bits per heavy atom. The molecule has 4 nitrogen and oxygen atoms in total. The van der Waals surface area contributed by atoms with Gasteiger partial charge in [-0.2, -0.15) is 0 Å². The van der Waals surface area contributed by atoms with Gasteiger partial charge in [0, 0.05) is 24.7 Å². The van der Waals surface area contributed by atoms with Gasteiger partial charge in [-0.1, -0.05) is 48.5 Å². The third kappa shape index (κ3) is 2.65. The number of carbonyl (C=O) groups excluding carboxylic acids is 1. The normalized spacial score (nSPS) is 17.6. The maximum Gasteiger partial charge on any atom is 0.235 e. The molecule has 0 spiro atoms. The fourth-order valence-electron chi connectivity index (χ4n) is 3.54. The van der Waals surface area contributed by atoms with E-state index in [2.05, 4.69) is 40.2 Å². The van der Waals surface area contributed by atoms with Crippen LogP contribution in [0.2, 0.25) is 0 Å². The molecular formula is C20H19N3O. The second-order valence-corrected chi connectivity index (χ2v) is 6.29. The second-order valence-electron chi connectivity index (χ2n) is 6.29. The molecule has 24 heavy (non-hydrogen) atoms. The first-order chi connectivity index (χ1) is 11.7. The summed E-state index contributed by atoms with van der Waals surface area (Å²) in [5.41, 5.74) is 10.3. The molecular weight excluding hydrogens is 298 g/mol. The molecule has 1 atom stereocenters. The summed E-state index contributed by atoms with van der Waals surface area (Å²) >= 11 is 0. The lowest BCUT2D eigenvalue weighted by Crippen LogP contribution is -2.48. The standard InChI is InChI=1S/C20H19N3O/c21-20(24)18-11-15-5-1-2-6-16(15)12-23(18)13-17-8-3-7-14-9-4-10-22-19(14)17/h1-10,18H,11-13H2,(H2,21,24)/t18-/m1/s1. The van der Waals surface area contributed by atoms with Gasteiger partial charge in [0.2, 0.25) is 5.91 Å². The average Bonchev–Trinajstić information content (AvgIpc) is 2.61. The summed E-state index contributed by atoms with van der Waals surface area (Å²) in [6.45, 7) is 1.39. The van der Waals surface area contributed by atoms with Crippen LogP contribution in [0.25, 0.3) is 10.9 Å². The van der Waals surface area contributed by atoms with E-state index in [-0.39, 0.29) is 11.9 Å². The van der Waals surface area contributed by atoms with Crippen LogP contribution in [0.4, 0.5) is 0 Å². The fraction of sp³-hybridized carbons (Fsp3) is 0.200. The van der Waals surface area contributed by atoms with Crippen molar-refractivity contribution in [3.63, 3.8) is 0 Å². The SMILES string of the molecule is NC(=O)[C@H]1Cc2ccccc2CN1Cc1cccc2cccnc12. The number of benzene rings is 2. The number of pyridine rings is 1. The van der Waals surface area contributed by atoms with E-state index in [0.717, 1.165) is 23.0 Å². The number of aromatic nitrogens is 1. The number of amides is 1. The number of carbonyl (C=O) groups is 1. The van der Waals surface area contributed by atoms with E-state index in [1.165, 1.54) is 11.1 Å². The zero-order chi connectivity index (χ0) is 16.5. The zero-order valence-corrected chi connectivity index (χ0v) is 13.4. The molecule has 3 aromatic rings. The molecule has 1 aliphatic heterocycles. The van der Waals surface area contributed by atoms with Crippen molar-refractivity contribution in [2.24, 2.45) is 5.73 Å². The van der Waals surface area contributed by atoms with Crippen LogP contribution < -0.4 is 5.73 Å². The van der Waals surface area contributed by atoms with Gasteiger partial charge in [0.1, 0.15) is 0 Å². The van der Waals surface area contributed by atoms with Gasteiger partial charge in [0.25, 0.3) is 0 Å². The molecule has 2 heterocycles. The molecule has 1 amide bonds. The molecule has 2 N–H and O–H groups in total. The average molecular weight is 317 g/mol. The summed E-state index contributed by atoms with van der Waals surface area (Å²) < 4.78 is 0. The number of hydrogen-bond donors (Lipinski definition) is 1. The van der Waals surface area contributed by atoms with Crippen LogP contribution >= 0.6 is 0 Å². The monoisotopic (exact) mass is 317 g/mol. The molecule has 0 aliphatic carbocycles. The van der Waals surface area contributed by atoms with Gasteiger partial charge < -0.3 is 5.73 Å². The fourth-order valence-corrected chi connectivity index (χ4v) is 3.54. The van der Waals surface area contributed by atoms with E-state index in [0.29, 0.717) is 13.0 Å². The van der Waals surface area contributed by atoms with Crippen LogP contribution in [-0.2, 0) is 24.3 Å². The van der Waals surface area contributed by atoms with Gasteiger partial charge in [-0.3, -0.25) is 14.7 Å². The summed E-state index contributed by atoms with van der Waals surface area (Å²) in [5.74, 6) is -0.266. The number of nitrogens with zero attached hydrogens (tertiary/aromatic N) is 2. The van der Waals surface area contributed by atoms with E-state index in [4.69, 9.17) is 5.73 Å². The Hall–Kier alpha value is -2.72. The largest absolute Gasteiger partial charge is 0.368 e. The third-order valence-electron chi connectivity index (χ3n) is 4.76. The summed E-state index contributed by atoms with van der Waals surface area (Å²) in [6.07, 6.45) is 2.48. The van der Waals surface area contributed by atoms with Gasteiger partial charge >= 0.3 is 0 Å². The number of rotatable bonds is 3. The Morgan fingerprint density at radius 2 is 1.88 bits per heavy atom. The maximum absolute atomic E-state index is 12.0. The lowest BCUT2D eigenvalue weighted by atomic mass is 9.93. The number of para-hydroxylation sites is 1. The molecule has 4 rings (SSSR count). The van der Waals surface area contributed by atoms with Crippen molar-refractivity contribution in [3.8, 4) is 0 Å². The molecule has 0 saturated carbocycles. The van der Waals surface area contributed by atoms with Crippen molar-refractivity contribution in [2.45, 2.75) is 25.6 Å². The summed E-state index contributed by atoms with van der Waals surface area (Å²) in [7, 11) is 0. The highest BCUT2D eigenvalue weighted by atomic mass is 16.1. The summed E-state index contributed by atoms with van der Waals surface area (Å²) in [5, 5.41) is 1.11. The molecule has 0 unspecified atom stereocenters. The van der Waals surface area contributed by atoms with Gasteiger partial charge in [-0.05, 0) is 29.2 Å². The first kappa shape index (κ1) is 14.8. The van der Waals surface area contributed by atoms with Crippen LogP contribution in [0.5, 0.6) is 0 Å². The Kier molecular flexibility index (Phi) is 3.75. The molecule has 0 bridgehead atoms. The molecule has 0 fully saturated rings. The predicted octanol–water partition coefficient (Wildman–Crippen LogP) is 2.65. The molecule has 0 radical (unpaired) electrons. The van der Waals surface area contributed by atoms with E-state index in [1.807, 2.05) is 30.5 Å². The van der Waals surface area contributed by atoms with Crippen molar-refractivity contribution < 1.29 is 4.79 Å². The minimum atomic E-state index is -0.279. The summed E-state index contributed by atoms with van der Waals surface area (Å²) in [6, 6.07) is 18.2. The predicted molar refractivity (Wildman–Crippen MR) is 94.1 cm³/mol. The first-order valence-corrected chi connectivity index (χ1v) is 8.15. The van der Waals surface area contributed by atoms with Crippen LogP contribution in [0.1, 0.15) is 16.7 Å². The number of fused-ring (bicyclic) bond motifs is 2. The Balaban J connectivity index is 1.70. The molecule has 120 valence electrons. The van der Waals surface area contributed by atoms with Crippen LogP contribution in [0.15, 0.2) is 60.8 Å². The lowest BCUT2D eigenvalue weighted by Gasteiger charge is -2.35. The molecule has 1 aromatic heterocycles. The van der Waals surface area contributed by atoms with Gasteiger partial charge in [-0.15, -0.1) is 0 Å². The topological polar surface area (TPSA) is 59.2 Å². The minimum Gasteiger partial charge on any atom is -0.368 e. The van der Waals surface area contributed by atoms with Crippen LogP contribution in [-0.4, -0.2) is 21.8 Å². The highest BCUT2D eigenvalue weighted by Gasteiger charge is 2.30. The summed E-state index contributed by atoms with van der Waals surface area (Å²) in [4.78, 5) is 18.7. The van der Waals surface area contributed by atoms with Crippen molar-refractivity contribution in [3.05, 3.63) is 77.5 Å². The zero-order valence-electron chi connectivity index (χ0n) is 13.4. The van der Waals surface area contributed by atoms with Crippen LogP contribution in [0.3, 0.4) is 0 Å². The molecule has 0 saturated heterocycles. The Morgan fingerprint density at radius 3 is 2.71 bits per heavy atom. The van der Waals surface area contributed by atoms with E-state index in [9.17, 15) is 4.79 Å².